The molecule has 1 heterocycles. The lowest BCUT2D eigenvalue weighted by Gasteiger charge is -2.21. The maximum absolute atomic E-state index is 11.9. The molecule has 0 saturated heterocycles. The molecule has 1 aliphatic heterocycles. The number of nitrogens with zero attached hydrogens (tertiary/aromatic N) is 2. The van der Waals surface area contributed by atoms with Crippen molar-refractivity contribution in [3.63, 3.8) is 0 Å². The van der Waals surface area contributed by atoms with Crippen LogP contribution < -0.4 is 10.9 Å². The summed E-state index contributed by atoms with van der Waals surface area (Å²) >= 11 is 0. The molecule has 0 aromatic heterocycles. The number of amides is 2. The molecule has 128 valence electrons. The Hall–Kier alpha value is -3.19. The van der Waals surface area contributed by atoms with Crippen molar-refractivity contribution in [3.05, 3.63) is 72.3 Å². The Labute approximate surface area is 145 Å². The van der Waals surface area contributed by atoms with Crippen molar-refractivity contribution in [2.75, 3.05) is 0 Å². The van der Waals surface area contributed by atoms with E-state index in [1.165, 1.54) is 17.7 Å². The quantitative estimate of drug-likeness (QED) is 0.821. The van der Waals surface area contributed by atoms with Gasteiger partial charge in [0.2, 0.25) is 11.7 Å². The maximum Gasteiger partial charge on any atom is 0.348 e. The van der Waals surface area contributed by atoms with E-state index in [-0.39, 0.29) is 23.4 Å². The number of rotatable bonds is 4. The topological polar surface area (TPSA) is 83.0 Å². The molecule has 2 N–H and O–H groups in total. The Bertz CT molecular complexity index is 781. The number of aliphatic imine (C=N–C) groups is 1. The standard InChI is InChI=1S/C18H18N4O3/c1-13(11-14-7-3-2-4-8-14)22-12-17(25-21-22)20-18(24)19-15-9-5-6-10-16(15)23/h2-10,12-13,21H,11H2,1H3,(H,20,24). The number of hydrogen-bond donors (Lipinski definition) is 2. The lowest BCUT2D eigenvalue weighted by Crippen LogP contribution is -2.37. The van der Waals surface area contributed by atoms with Gasteiger partial charge in [-0.25, -0.2) is 4.79 Å². The minimum absolute atomic E-state index is 0.0841. The largest absolute Gasteiger partial charge is 0.369 e. The lowest BCUT2D eigenvalue weighted by atomic mass is 10.1. The van der Waals surface area contributed by atoms with Crippen molar-refractivity contribution < 1.29 is 14.4 Å². The zero-order chi connectivity index (χ0) is 17.6. The Morgan fingerprint density at radius 3 is 2.80 bits per heavy atom. The number of carbonyl (C=O) groups excluding carboxylic acids is 2. The zero-order valence-electron chi connectivity index (χ0n) is 13.7. The van der Waals surface area contributed by atoms with Crippen molar-refractivity contribution in [1.82, 2.24) is 15.9 Å². The molecule has 2 amide bonds. The summed E-state index contributed by atoms with van der Waals surface area (Å²) in [7, 11) is 0. The number of hydrazine groups is 1. The monoisotopic (exact) mass is 338 g/mol. The number of benzene rings is 1. The van der Waals surface area contributed by atoms with Crippen LogP contribution in [0.15, 0.2) is 71.7 Å². The first-order valence-corrected chi connectivity index (χ1v) is 7.87. The normalized spacial score (nSPS) is 18.9. The first-order valence-electron chi connectivity index (χ1n) is 7.87. The van der Waals surface area contributed by atoms with Gasteiger partial charge in [-0.1, -0.05) is 48.1 Å². The lowest BCUT2D eigenvalue weighted by molar-refractivity contribution is -0.108. The van der Waals surface area contributed by atoms with E-state index in [9.17, 15) is 9.59 Å². The molecule has 1 aliphatic carbocycles. The molecule has 0 spiro atoms. The summed E-state index contributed by atoms with van der Waals surface area (Å²) in [5, 5.41) is 4.25. The fourth-order valence-electron chi connectivity index (χ4n) is 2.40. The molecule has 7 nitrogen and oxygen atoms in total. The predicted molar refractivity (Wildman–Crippen MR) is 93.0 cm³/mol. The minimum Gasteiger partial charge on any atom is -0.369 e. The fourth-order valence-corrected chi connectivity index (χ4v) is 2.40. The highest BCUT2D eigenvalue weighted by atomic mass is 16.7. The summed E-state index contributed by atoms with van der Waals surface area (Å²) in [4.78, 5) is 32.4. The van der Waals surface area contributed by atoms with E-state index < -0.39 is 6.03 Å². The van der Waals surface area contributed by atoms with Gasteiger partial charge in [0.05, 0.1) is 6.20 Å². The molecule has 3 rings (SSSR count). The average Bonchev–Trinajstić information content (AvgIpc) is 3.06. The van der Waals surface area contributed by atoms with Gasteiger partial charge in [0.25, 0.3) is 0 Å². The van der Waals surface area contributed by atoms with Gasteiger partial charge in [-0.2, -0.15) is 4.99 Å². The second kappa shape index (κ2) is 7.59. The molecule has 0 radical (unpaired) electrons. The SMILES string of the molecule is CC(Cc1ccccc1)N1C=C(NC(=O)N=C2C=CC=CC2=O)ON1. The molecule has 0 bridgehead atoms. The van der Waals surface area contributed by atoms with E-state index in [2.05, 4.69) is 28.0 Å². The molecule has 1 atom stereocenters. The number of urea groups is 1. The Morgan fingerprint density at radius 2 is 2.04 bits per heavy atom. The van der Waals surface area contributed by atoms with Gasteiger partial charge in [0.1, 0.15) is 5.71 Å². The van der Waals surface area contributed by atoms with E-state index in [0.29, 0.717) is 0 Å². The van der Waals surface area contributed by atoms with Crippen molar-refractivity contribution in [3.8, 4) is 0 Å². The van der Waals surface area contributed by atoms with Crippen LogP contribution in [0.3, 0.4) is 0 Å². The summed E-state index contributed by atoms with van der Waals surface area (Å²) in [6, 6.07) is 9.50. The van der Waals surface area contributed by atoms with E-state index >= 15 is 0 Å². The van der Waals surface area contributed by atoms with Gasteiger partial charge >= 0.3 is 6.03 Å². The molecular formula is C18H18N4O3. The molecule has 1 aromatic rings. The summed E-state index contributed by atoms with van der Waals surface area (Å²) < 4.78 is 0. The first kappa shape index (κ1) is 16.7. The third-order valence-corrected chi connectivity index (χ3v) is 3.68. The summed E-state index contributed by atoms with van der Waals surface area (Å²) in [5.74, 6) is -0.0905. The van der Waals surface area contributed by atoms with Gasteiger partial charge < -0.3 is 4.84 Å². The highest BCUT2D eigenvalue weighted by Gasteiger charge is 2.21. The van der Waals surface area contributed by atoms with Gasteiger partial charge in [-0.3, -0.25) is 15.1 Å². The average molecular weight is 338 g/mol. The molecule has 25 heavy (non-hydrogen) atoms. The van der Waals surface area contributed by atoms with Crippen LogP contribution in [0.25, 0.3) is 0 Å². The van der Waals surface area contributed by atoms with Crippen LogP contribution in [0.1, 0.15) is 12.5 Å². The van der Waals surface area contributed by atoms with Crippen LogP contribution in [0.2, 0.25) is 0 Å². The van der Waals surface area contributed by atoms with Gasteiger partial charge in [0, 0.05) is 6.04 Å². The number of allylic oxidation sites excluding steroid dienone is 4. The van der Waals surface area contributed by atoms with Crippen LogP contribution in [0.5, 0.6) is 0 Å². The molecule has 7 heteroatoms. The van der Waals surface area contributed by atoms with Crippen LogP contribution in [-0.2, 0) is 16.1 Å². The third kappa shape index (κ3) is 4.42. The number of hydrogen-bond acceptors (Lipinski definition) is 5. The van der Waals surface area contributed by atoms with Crippen molar-refractivity contribution in [2.45, 2.75) is 19.4 Å². The summed E-state index contributed by atoms with van der Waals surface area (Å²) in [6.45, 7) is 2.03. The van der Waals surface area contributed by atoms with E-state index in [1.54, 1.807) is 23.4 Å². The van der Waals surface area contributed by atoms with Crippen molar-refractivity contribution >= 4 is 17.5 Å². The molecule has 1 aromatic carbocycles. The highest BCUT2D eigenvalue weighted by Crippen LogP contribution is 2.12. The van der Waals surface area contributed by atoms with Crippen molar-refractivity contribution in [2.24, 2.45) is 4.99 Å². The number of nitrogens with one attached hydrogen (secondary N) is 2. The minimum atomic E-state index is -0.672. The van der Waals surface area contributed by atoms with Gasteiger partial charge in [0.15, 0.2) is 0 Å². The number of ketones is 1. The number of carbonyl (C=O) groups is 2. The van der Waals surface area contributed by atoms with E-state index in [4.69, 9.17) is 4.84 Å². The van der Waals surface area contributed by atoms with Crippen LogP contribution in [-0.4, -0.2) is 28.6 Å². The Balaban J connectivity index is 1.57. The molecule has 1 unspecified atom stereocenters. The smallest absolute Gasteiger partial charge is 0.348 e. The Morgan fingerprint density at radius 1 is 1.28 bits per heavy atom. The van der Waals surface area contributed by atoms with Crippen LogP contribution >= 0.6 is 0 Å². The van der Waals surface area contributed by atoms with Crippen molar-refractivity contribution in [1.29, 1.82) is 0 Å². The zero-order valence-corrected chi connectivity index (χ0v) is 13.7. The second-order valence-electron chi connectivity index (χ2n) is 5.64. The van der Waals surface area contributed by atoms with Gasteiger partial charge in [-0.15, -0.1) is 0 Å². The van der Waals surface area contributed by atoms with Gasteiger partial charge in [-0.05, 0) is 31.1 Å². The molecule has 2 aliphatic rings. The highest BCUT2D eigenvalue weighted by molar-refractivity contribution is 6.49. The fraction of sp³-hybridized carbons (Fsp3) is 0.167. The predicted octanol–water partition coefficient (Wildman–Crippen LogP) is 2.01. The van der Waals surface area contributed by atoms with E-state index in [1.807, 2.05) is 25.1 Å². The summed E-state index contributed by atoms with van der Waals surface area (Å²) in [6.07, 6.45) is 8.53. The molecular weight excluding hydrogens is 320 g/mol. The van der Waals surface area contributed by atoms with E-state index in [0.717, 1.165) is 6.42 Å². The molecule has 0 saturated carbocycles. The van der Waals surface area contributed by atoms with Crippen LogP contribution in [0, 0.1) is 0 Å². The first-order chi connectivity index (χ1) is 12.1. The second-order valence-corrected chi connectivity index (χ2v) is 5.64. The maximum atomic E-state index is 11.9. The molecule has 0 fully saturated rings. The van der Waals surface area contributed by atoms with Crippen LogP contribution in [0.4, 0.5) is 4.79 Å². The summed E-state index contributed by atoms with van der Waals surface area (Å²) in [5.41, 5.74) is 4.01. The Kier molecular flexibility index (Phi) is 5.06. The third-order valence-electron chi connectivity index (χ3n) is 3.68.